The van der Waals surface area contributed by atoms with Gasteiger partial charge in [0.1, 0.15) is 0 Å². The first kappa shape index (κ1) is 18.2. The molecule has 134 valence electrons. The van der Waals surface area contributed by atoms with E-state index in [1.807, 2.05) is 48.5 Å². The zero-order chi connectivity index (χ0) is 17.5. The molecule has 5 heteroatoms. The normalized spacial score (nSPS) is 16.8. The SMILES string of the molecule is O[C@H](COCc1ccccc1)CN1CCN(c2cccc(Cl)c2)CC1. The van der Waals surface area contributed by atoms with Crippen molar-refractivity contribution < 1.29 is 9.84 Å². The van der Waals surface area contributed by atoms with Crippen molar-refractivity contribution in [2.24, 2.45) is 0 Å². The molecule has 1 heterocycles. The van der Waals surface area contributed by atoms with Crippen molar-refractivity contribution in [1.29, 1.82) is 0 Å². The Morgan fingerprint density at radius 2 is 1.76 bits per heavy atom. The maximum absolute atomic E-state index is 10.2. The molecule has 0 amide bonds. The van der Waals surface area contributed by atoms with Crippen molar-refractivity contribution in [1.82, 2.24) is 4.90 Å². The molecule has 1 N–H and O–H groups in total. The van der Waals surface area contributed by atoms with Crippen LogP contribution < -0.4 is 4.90 Å². The number of aliphatic hydroxyl groups is 1. The summed E-state index contributed by atoms with van der Waals surface area (Å²) in [6, 6.07) is 18.0. The molecule has 3 rings (SSSR count). The standard InChI is InChI=1S/C20H25ClN2O2/c21-18-7-4-8-19(13-18)23-11-9-22(10-12-23)14-20(24)16-25-15-17-5-2-1-3-6-17/h1-8,13,20,24H,9-12,14-16H2/t20-/m0/s1. The smallest absolute Gasteiger partial charge is 0.0900 e. The fraction of sp³-hybridized carbons (Fsp3) is 0.400. The minimum Gasteiger partial charge on any atom is -0.389 e. The van der Waals surface area contributed by atoms with E-state index in [9.17, 15) is 5.11 Å². The summed E-state index contributed by atoms with van der Waals surface area (Å²) in [5.41, 5.74) is 2.30. The number of ether oxygens (including phenoxy) is 1. The highest BCUT2D eigenvalue weighted by atomic mass is 35.5. The van der Waals surface area contributed by atoms with Crippen LogP contribution in [0, 0.1) is 0 Å². The Labute approximate surface area is 154 Å². The highest BCUT2D eigenvalue weighted by Gasteiger charge is 2.19. The predicted molar refractivity (Wildman–Crippen MR) is 102 cm³/mol. The molecular weight excluding hydrogens is 336 g/mol. The van der Waals surface area contributed by atoms with Crippen LogP contribution in [0.25, 0.3) is 0 Å². The van der Waals surface area contributed by atoms with E-state index in [2.05, 4.69) is 15.9 Å². The lowest BCUT2D eigenvalue weighted by atomic mass is 10.2. The molecule has 0 unspecified atom stereocenters. The molecule has 4 nitrogen and oxygen atoms in total. The van der Waals surface area contributed by atoms with Gasteiger partial charge in [0, 0.05) is 43.4 Å². The number of halogens is 1. The van der Waals surface area contributed by atoms with Crippen LogP contribution in [0.1, 0.15) is 5.56 Å². The minimum absolute atomic E-state index is 0.364. The van der Waals surface area contributed by atoms with Crippen LogP contribution in [0.4, 0.5) is 5.69 Å². The van der Waals surface area contributed by atoms with Gasteiger partial charge in [-0.2, -0.15) is 0 Å². The van der Waals surface area contributed by atoms with Gasteiger partial charge in [0.2, 0.25) is 0 Å². The molecule has 0 bridgehead atoms. The van der Waals surface area contributed by atoms with Gasteiger partial charge in [-0.05, 0) is 23.8 Å². The molecule has 1 fully saturated rings. The molecule has 2 aromatic rings. The van der Waals surface area contributed by atoms with Gasteiger partial charge in [-0.1, -0.05) is 48.0 Å². The maximum Gasteiger partial charge on any atom is 0.0900 e. The van der Waals surface area contributed by atoms with Crippen LogP contribution in [0.5, 0.6) is 0 Å². The van der Waals surface area contributed by atoms with Crippen molar-refractivity contribution in [2.75, 3.05) is 44.2 Å². The summed E-state index contributed by atoms with van der Waals surface area (Å²) in [6.07, 6.45) is -0.457. The molecule has 0 spiro atoms. The van der Waals surface area contributed by atoms with Crippen molar-refractivity contribution in [2.45, 2.75) is 12.7 Å². The van der Waals surface area contributed by atoms with Gasteiger partial charge in [0.25, 0.3) is 0 Å². The quantitative estimate of drug-likeness (QED) is 0.823. The zero-order valence-corrected chi connectivity index (χ0v) is 15.1. The number of nitrogens with zero attached hydrogens (tertiary/aromatic N) is 2. The number of hydrogen-bond acceptors (Lipinski definition) is 4. The first-order valence-corrected chi connectivity index (χ1v) is 9.11. The average molecular weight is 361 g/mol. The van der Waals surface area contributed by atoms with Gasteiger partial charge >= 0.3 is 0 Å². The molecule has 0 radical (unpaired) electrons. The van der Waals surface area contributed by atoms with Crippen molar-refractivity contribution in [3.05, 3.63) is 65.2 Å². The number of aliphatic hydroxyl groups excluding tert-OH is 1. The molecular formula is C20H25ClN2O2. The highest BCUT2D eigenvalue weighted by Crippen LogP contribution is 2.20. The van der Waals surface area contributed by atoms with E-state index in [-0.39, 0.29) is 0 Å². The lowest BCUT2D eigenvalue weighted by Crippen LogP contribution is -2.49. The first-order chi connectivity index (χ1) is 12.2. The molecule has 0 aliphatic carbocycles. The number of rotatable bonds is 7. The third kappa shape index (κ3) is 5.72. The van der Waals surface area contributed by atoms with Crippen LogP contribution in [0.15, 0.2) is 54.6 Å². The Morgan fingerprint density at radius 1 is 1.00 bits per heavy atom. The van der Waals surface area contributed by atoms with Gasteiger partial charge in [-0.3, -0.25) is 4.90 Å². The van der Waals surface area contributed by atoms with Gasteiger partial charge in [-0.15, -0.1) is 0 Å². The summed E-state index contributed by atoms with van der Waals surface area (Å²) >= 11 is 6.07. The number of anilines is 1. The van der Waals surface area contributed by atoms with Crippen LogP contribution in [0.2, 0.25) is 5.02 Å². The third-order valence-electron chi connectivity index (χ3n) is 4.44. The highest BCUT2D eigenvalue weighted by molar-refractivity contribution is 6.30. The fourth-order valence-electron chi connectivity index (χ4n) is 3.10. The molecule has 1 aliphatic heterocycles. The topological polar surface area (TPSA) is 35.9 Å². The number of β-amino-alcohol motifs (C(OH)–C–C–N with tert-alkyl or cyclic N) is 1. The summed E-state index contributed by atoms with van der Waals surface area (Å²) < 4.78 is 5.62. The Bertz CT molecular complexity index is 645. The largest absolute Gasteiger partial charge is 0.389 e. The van der Waals surface area contributed by atoms with Gasteiger partial charge in [0.15, 0.2) is 0 Å². The van der Waals surface area contributed by atoms with Crippen molar-refractivity contribution >= 4 is 17.3 Å². The molecule has 1 aliphatic rings. The summed E-state index contributed by atoms with van der Waals surface area (Å²) in [5, 5.41) is 11.0. The molecule has 0 saturated carbocycles. The van der Waals surface area contributed by atoms with Gasteiger partial charge in [-0.25, -0.2) is 0 Å². The molecule has 2 aromatic carbocycles. The van der Waals surface area contributed by atoms with Gasteiger partial charge in [0.05, 0.1) is 19.3 Å². The predicted octanol–water partition coefficient (Wildman–Crippen LogP) is 3.04. The van der Waals surface area contributed by atoms with Gasteiger partial charge < -0.3 is 14.7 Å². The summed E-state index contributed by atoms with van der Waals surface area (Å²) in [5.74, 6) is 0. The Hall–Kier alpha value is -1.59. The fourth-order valence-corrected chi connectivity index (χ4v) is 3.28. The second kappa shape index (κ2) is 9.20. The lowest BCUT2D eigenvalue weighted by Gasteiger charge is -2.36. The second-order valence-electron chi connectivity index (χ2n) is 6.42. The maximum atomic E-state index is 10.2. The van der Waals surface area contributed by atoms with E-state index >= 15 is 0 Å². The number of hydrogen-bond donors (Lipinski definition) is 1. The molecule has 25 heavy (non-hydrogen) atoms. The Balaban J connectivity index is 1.37. The third-order valence-corrected chi connectivity index (χ3v) is 4.67. The average Bonchev–Trinajstić information content (AvgIpc) is 2.63. The zero-order valence-electron chi connectivity index (χ0n) is 14.4. The minimum atomic E-state index is -0.457. The van der Waals surface area contributed by atoms with E-state index in [0.29, 0.717) is 19.8 Å². The monoisotopic (exact) mass is 360 g/mol. The van der Waals surface area contributed by atoms with E-state index in [1.54, 1.807) is 0 Å². The van der Waals surface area contributed by atoms with E-state index < -0.39 is 6.10 Å². The lowest BCUT2D eigenvalue weighted by molar-refractivity contribution is 0.00914. The molecule has 1 saturated heterocycles. The number of benzene rings is 2. The van der Waals surface area contributed by atoms with Crippen molar-refractivity contribution in [3.63, 3.8) is 0 Å². The van der Waals surface area contributed by atoms with Crippen LogP contribution in [0.3, 0.4) is 0 Å². The van der Waals surface area contributed by atoms with Crippen LogP contribution >= 0.6 is 11.6 Å². The van der Waals surface area contributed by atoms with E-state index in [4.69, 9.17) is 16.3 Å². The summed E-state index contributed by atoms with van der Waals surface area (Å²) in [4.78, 5) is 4.62. The molecule has 0 aromatic heterocycles. The summed E-state index contributed by atoms with van der Waals surface area (Å²) in [6.45, 7) is 5.31. The Morgan fingerprint density at radius 3 is 2.48 bits per heavy atom. The van der Waals surface area contributed by atoms with E-state index in [1.165, 1.54) is 5.69 Å². The first-order valence-electron chi connectivity index (χ1n) is 8.73. The van der Waals surface area contributed by atoms with Crippen molar-refractivity contribution in [3.8, 4) is 0 Å². The van der Waals surface area contributed by atoms with E-state index in [0.717, 1.165) is 36.8 Å². The second-order valence-corrected chi connectivity index (χ2v) is 6.86. The summed E-state index contributed by atoms with van der Waals surface area (Å²) in [7, 11) is 0. The van der Waals surface area contributed by atoms with Crippen LogP contribution in [-0.4, -0.2) is 55.4 Å². The molecule has 1 atom stereocenters. The van der Waals surface area contributed by atoms with Crippen LogP contribution in [-0.2, 0) is 11.3 Å². The Kier molecular flexibility index (Phi) is 6.70. The number of piperazine rings is 1.